The predicted octanol–water partition coefficient (Wildman–Crippen LogP) is 2.60. The van der Waals surface area contributed by atoms with Gasteiger partial charge in [0.05, 0.1) is 18.4 Å². The molecule has 0 fully saturated rings. The molecule has 0 bridgehead atoms. The summed E-state index contributed by atoms with van der Waals surface area (Å²) in [4.78, 5) is 17.4. The lowest BCUT2D eigenvalue weighted by molar-refractivity contribution is 0.0775. The molecule has 88 valence electrons. The van der Waals surface area contributed by atoms with E-state index < -0.39 is 0 Å². The van der Waals surface area contributed by atoms with Crippen LogP contribution in [0.25, 0.3) is 0 Å². The van der Waals surface area contributed by atoms with Gasteiger partial charge in [0.2, 0.25) is 0 Å². The molecule has 17 heavy (non-hydrogen) atoms. The van der Waals surface area contributed by atoms with Crippen LogP contribution in [0.5, 0.6) is 0 Å². The van der Waals surface area contributed by atoms with Gasteiger partial charge in [-0.15, -0.1) is 0 Å². The molecule has 0 aromatic carbocycles. The molecular weight excluding hydrogens is 240 g/mol. The van der Waals surface area contributed by atoms with Crippen molar-refractivity contribution in [1.82, 2.24) is 9.88 Å². The highest BCUT2D eigenvalue weighted by atomic mass is 35.5. The molecule has 0 saturated carbocycles. The minimum Gasteiger partial charge on any atom is -0.467 e. The third kappa shape index (κ3) is 2.85. The molecule has 5 heteroatoms. The van der Waals surface area contributed by atoms with Gasteiger partial charge in [-0.3, -0.25) is 4.79 Å². The van der Waals surface area contributed by atoms with Gasteiger partial charge in [0.15, 0.2) is 0 Å². The number of hydrogen-bond donors (Lipinski definition) is 0. The van der Waals surface area contributed by atoms with Crippen LogP contribution in [0.2, 0.25) is 5.15 Å². The molecule has 2 aromatic heterocycles. The van der Waals surface area contributed by atoms with Crippen molar-refractivity contribution in [2.24, 2.45) is 0 Å². The summed E-state index contributed by atoms with van der Waals surface area (Å²) >= 11 is 5.66. The van der Waals surface area contributed by atoms with E-state index in [0.29, 0.717) is 17.3 Å². The van der Waals surface area contributed by atoms with Crippen molar-refractivity contribution in [1.29, 1.82) is 0 Å². The molecule has 0 N–H and O–H groups in total. The molecule has 0 aliphatic rings. The predicted molar refractivity (Wildman–Crippen MR) is 63.8 cm³/mol. The second-order valence-electron chi connectivity index (χ2n) is 3.61. The van der Waals surface area contributed by atoms with Gasteiger partial charge in [-0.05, 0) is 24.3 Å². The molecule has 2 aromatic rings. The second-order valence-corrected chi connectivity index (χ2v) is 4.00. The Balaban J connectivity index is 2.07. The number of amides is 1. The summed E-state index contributed by atoms with van der Waals surface area (Å²) in [5.74, 6) is 0.619. The standard InChI is InChI=1S/C12H11ClN2O2/c1-15(8-10-3-2-6-17-10)12(16)9-4-5-11(13)14-7-9/h2-7H,8H2,1H3. The highest BCUT2D eigenvalue weighted by Crippen LogP contribution is 2.10. The molecule has 4 nitrogen and oxygen atoms in total. The van der Waals surface area contributed by atoms with Crippen molar-refractivity contribution in [2.75, 3.05) is 7.05 Å². The molecule has 0 saturated heterocycles. The van der Waals surface area contributed by atoms with Crippen molar-refractivity contribution < 1.29 is 9.21 Å². The first kappa shape index (κ1) is 11.7. The maximum Gasteiger partial charge on any atom is 0.255 e. The van der Waals surface area contributed by atoms with Crippen LogP contribution in [0.3, 0.4) is 0 Å². The summed E-state index contributed by atoms with van der Waals surface area (Å²) in [6.45, 7) is 0.425. The Bertz CT molecular complexity index is 494. The monoisotopic (exact) mass is 250 g/mol. The van der Waals surface area contributed by atoms with Crippen molar-refractivity contribution in [3.63, 3.8) is 0 Å². The number of halogens is 1. The Morgan fingerprint density at radius 1 is 1.47 bits per heavy atom. The van der Waals surface area contributed by atoms with Gasteiger partial charge in [-0.25, -0.2) is 4.98 Å². The highest BCUT2D eigenvalue weighted by Gasteiger charge is 2.13. The minimum absolute atomic E-state index is 0.120. The van der Waals surface area contributed by atoms with Gasteiger partial charge in [-0.2, -0.15) is 0 Å². The first-order valence-corrected chi connectivity index (χ1v) is 5.44. The van der Waals surface area contributed by atoms with Gasteiger partial charge in [0.25, 0.3) is 5.91 Å². The minimum atomic E-state index is -0.120. The normalized spacial score (nSPS) is 10.2. The Morgan fingerprint density at radius 2 is 2.29 bits per heavy atom. The fraction of sp³-hybridized carbons (Fsp3) is 0.167. The molecule has 2 rings (SSSR count). The van der Waals surface area contributed by atoms with Crippen LogP contribution in [-0.4, -0.2) is 22.8 Å². The molecule has 0 unspecified atom stereocenters. The number of carbonyl (C=O) groups excluding carboxylic acids is 1. The topological polar surface area (TPSA) is 46.3 Å². The molecule has 1 amide bonds. The number of rotatable bonds is 3. The first-order valence-electron chi connectivity index (χ1n) is 5.06. The van der Waals surface area contributed by atoms with E-state index in [1.807, 2.05) is 6.07 Å². The zero-order chi connectivity index (χ0) is 12.3. The molecule has 0 spiro atoms. The lowest BCUT2D eigenvalue weighted by Gasteiger charge is -2.15. The zero-order valence-electron chi connectivity index (χ0n) is 9.26. The number of nitrogens with zero attached hydrogens (tertiary/aromatic N) is 2. The highest BCUT2D eigenvalue weighted by molar-refractivity contribution is 6.29. The van der Waals surface area contributed by atoms with Crippen LogP contribution in [-0.2, 0) is 6.54 Å². The van der Waals surface area contributed by atoms with Crippen LogP contribution in [0.15, 0.2) is 41.1 Å². The van der Waals surface area contributed by atoms with Gasteiger partial charge in [0, 0.05) is 13.2 Å². The fourth-order valence-electron chi connectivity index (χ4n) is 1.43. The second kappa shape index (κ2) is 5.01. The summed E-state index contributed by atoms with van der Waals surface area (Å²) in [6.07, 6.45) is 3.04. The quantitative estimate of drug-likeness (QED) is 0.787. The van der Waals surface area contributed by atoms with Crippen molar-refractivity contribution in [2.45, 2.75) is 6.54 Å². The maximum atomic E-state index is 12.0. The first-order chi connectivity index (χ1) is 8.16. The summed E-state index contributed by atoms with van der Waals surface area (Å²) in [6, 6.07) is 6.85. The van der Waals surface area contributed by atoms with E-state index in [9.17, 15) is 4.79 Å². The number of hydrogen-bond acceptors (Lipinski definition) is 3. The SMILES string of the molecule is CN(Cc1ccco1)C(=O)c1ccc(Cl)nc1. The van der Waals surface area contributed by atoms with Crippen molar-refractivity contribution in [3.05, 3.63) is 53.2 Å². The average molecular weight is 251 g/mol. The van der Waals surface area contributed by atoms with Crippen LogP contribution in [0.4, 0.5) is 0 Å². The molecular formula is C12H11ClN2O2. The summed E-state index contributed by atoms with van der Waals surface area (Å²) in [5.41, 5.74) is 0.503. The lowest BCUT2D eigenvalue weighted by Crippen LogP contribution is -2.26. The van der Waals surface area contributed by atoms with Crippen LogP contribution in [0.1, 0.15) is 16.1 Å². The van der Waals surface area contributed by atoms with E-state index in [1.165, 1.54) is 6.20 Å². The molecule has 0 aliphatic heterocycles. The number of furan rings is 1. The Labute approximate surface area is 104 Å². The maximum absolute atomic E-state index is 12.0. The number of carbonyl (C=O) groups is 1. The van der Waals surface area contributed by atoms with E-state index in [2.05, 4.69) is 4.98 Å². The van der Waals surface area contributed by atoms with Gasteiger partial charge in [-0.1, -0.05) is 11.6 Å². The molecule has 0 atom stereocenters. The van der Waals surface area contributed by atoms with Gasteiger partial charge >= 0.3 is 0 Å². The van der Waals surface area contributed by atoms with Crippen LogP contribution < -0.4 is 0 Å². The largest absolute Gasteiger partial charge is 0.467 e. The number of pyridine rings is 1. The zero-order valence-corrected chi connectivity index (χ0v) is 10.0. The van der Waals surface area contributed by atoms with Gasteiger partial charge < -0.3 is 9.32 Å². The molecule has 2 heterocycles. The van der Waals surface area contributed by atoms with Crippen molar-refractivity contribution >= 4 is 17.5 Å². The van der Waals surface area contributed by atoms with E-state index in [0.717, 1.165) is 5.76 Å². The number of aromatic nitrogens is 1. The average Bonchev–Trinajstić information content (AvgIpc) is 2.82. The molecule has 0 radical (unpaired) electrons. The fourth-order valence-corrected chi connectivity index (χ4v) is 1.54. The van der Waals surface area contributed by atoms with E-state index in [-0.39, 0.29) is 5.91 Å². The van der Waals surface area contributed by atoms with E-state index >= 15 is 0 Å². The third-order valence-corrected chi connectivity index (χ3v) is 2.52. The Hall–Kier alpha value is -1.81. The lowest BCUT2D eigenvalue weighted by atomic mass is 10.2. The Kier molecular flexibility index (Phi) is 3.44. The van der Waals surface area contributed by atoms with E-state index in [1.54, 1.807) is 36.4 Å². The van der Waals surface area contributed by atoms with E-state index in [4.69, 9.17) is 16.0 Å². The Morgan fingerprint density at radius 3 is 2.88 bits per heavy atom. The van der Waals surface area contributed by atoms with Gasteiger partial charge in [0.1, 0.15) is 10.9 Å². The summed E-state index contributed by atoms with van der Waals surface area (Å²) < 4.78 is 5.18. The van der Waals surface area contributed by atoms with Crippen LogP contribution >= 0.6 is 11.6 Å². The molecule has 0 aliphatic carbocycles. The van der Waals surface area contributed by atoms with Crippen molar-refractivity contribution in [3.8, 4) is 0 Å². The third-order valence-electron chi connectivity index (χ3n) is 2.29. The smallest absolute Gasteiger partial charge is 0.255 e. The summed E-state index contributed by atoms with van der Waals surface area (Å²) in [5, 5.41) is 0.371. The summed E-state index contributed by atoms with van der Waals surface area (Å²) in [7, 11) is 1.71. The van der Waals surface area contributed by atoms with Crippen LogP contribution in [0, 0.1) is 0 Å².